The highest BCUT2D eigenvalue weighted by molar-refractivity contribution is 6.32. The standard InChI is InChI=1S/C22H18ClN3O4/c1-12-18(8-14-5-7-17(29-3)10-20(14)25-12)22(28)30-13(2)21(27)26-16-6-4-15(11-24)19(23)9-16/h4-10,13H,1-3H3,(H,26,27). The summed E-state index contributed by atoms with van der Waals surface area (Å²) < 4.78 is 10.5. The number of nitrogens with zero attached hydrogens (tertiary/aromatic N) is 2. The molecule has 7 nitrogen and oxygen atoms in total. The summed E-state index contributed by atoms with van der Waals surface area (Å²) >= 11 is 5.97. The number of methoxy groups -OCH3 is 1. The number of aromatic nitrogens is 1. The quantitative estimate of drug-likeness (QED) is 0.615. The van der Waals surface area contributed by atoms with Crippen LogP contribution in [0.1, 0.15) is 28.5 Å². The molecule has 1 heterocycles. The lowest BCUT2D eigenvalue weighted by molar-refractivity contribution is -0.123. The number of nitrogens with one attached hydrogen (secondary N) is 1. The van der Waals surface area contributed by atoms with E-state index in [1.165, 1.54) is 19.1 Å². The van der Waals surface area contributed by atoms with Crippen molar-refractivity contribution < 1.29 is 19.1 Å². The molecule has 1 amide bonds. The number of hydrogen-bond acceptors (Lipinski definition) is 6. The Labute approximate surface area is 178 Å². The molecule has 1 unspecified atom stereocenters. The fourth-order valence-electron chi connectivity index (χ4n) is 2.78. The first-order chi connectivity index (χ1) is 14.3. The Balaban J connectivity index is 1.73. The van der Waals surface area contributed by atoms with Crippen molar-refractivity contribution in [2.24, 2.45) is 0 Å². The summed E-state index contributed by atoms with van der Waals surface area (Å²) in [5.74, 6) is -0.517. The van der Waals surface area contributed by atoms with Crippen molar-refractivity contribution >= 4 is 40.1 Å². The maximum absolute atomic E-state index is 12.6. The van der Waals surface area contributed by atoms with Crippen LogP contribution in [0.25, 0.3) is 10.9 Å². The summed E-state index contributed by atoms with van der Waals surface area (Å²) in [5.41, 5.74) is 2.13. The van der Waals surface area contributed by atoms with E-state index in [0.29, 0.717) is 28.2 Å². The minimum atomic E-state index is -1.06. The molecule has 2 aromatic carbocycles. The highest BCUT2D eigenvalue weighted by Gasteiger charge is 2.21. The third-order valence-corrected chi connectivity index (χ3v) is 4.76. The molecule has 0 fully saturated rings. The molecule has 0 spiro atoms. The van der Waals surface area contributed by atoms with Gasteiger partial charge >= 0.3 is 5.97 Å². The van der Waals surface area contributed by atoms with Crippen LogP contribution in [-0.2, 0) is 9.53 Å². The van der Waals surface area contributed by atoms with Gasteiger partial charge in [-0.3, -0.25) is 9.78 Å². The van der Waals surface area contributed by atoms with E-state index in [2.05, 4.69) is 10.3 Å². The first-order valence-corrected chi connectivity index (χ1v) is 9.37. The summed E-state index contributed by atoms with van der Waals surface area (Å²) in [6, 6.07) is 13.4. The highest BCUT2D eigenvalue weighted by atomic mass is 35.5. The van der Waals surface area contributed by atoms with E-state index in [-0.39, 0.29) is 10.6 Å². The molecule has 0 saturated carbocycles. The number of fused-ring (bicyclic) bond motifs is 1. The molecular formula is C22H18ClN3O4. The molecule has 0 aliphatic carbocycles. The van der Waals surface area contributed by atoms with E-state index >= 15 is 0 Å². The second-order valence-corrected chi connectivity index (χ2v) is 6.93. The van der Waals surface area contributed by atoms with E-state index in [9.17, 15) is 9.59 Å². The number of carbonyl (C=O) groups excluding carboxylic acids is 2. The highest BCUT2D eigenvalue weighted by Crippen LogP contribution is 2.23. The molecule has 152 valence electrons. The molecule has 0 saturated heterocycles. The molecule has 30 heavy (non-hydrogen) atoms. The molecule has 8 heteroatoms. The van der Waals surface area contributed by atoms with Gasteiger partial charge in [-0.15, -0.1) is 0 Å². The van der Waals surface area contributed by atoms with Gasteiger partial charge in [-0.25, -0.2) is 4.79 Å². The zero-order chi connectivity index (χ0) is 21.8. The molecule has 0 bridgehead atoms. The maximum atomic E-state index is 12.6. The second-order valence-electron chi connectivity index (χ2n) is 6.52. The van der Waals surface area contributed by atoms with Crippen LogP contribution in [0.2, 0.25) is 5.02 Å². The fourth-order valence-corrected chi connectivity index (χ4v) is 3.00. The summed E-state index contributed by atoms with van der Waals surface area (Å²) in [7, 11) is 1.57. The molecule has 0 aliphatic rings. The predicted molar refractivity (Wildman–Crippen MR) is 113 cm³/mol. The molecule has 1 N–H and O–H groups in total. The number of aryl methyl sites for hydroxylation is 1. The third-order valence-electron chi connectivity index (χ3n) is 4.45. The average Bonchev–Trinajstić information content (AvgIpc) is 2.72. The normalized spacial score (nSPS) is 11.4. The Kier molecular flexibility index (Phi) is 6.19. The second kappa shape index (κ2) is 8.80. The first-order valence-electron chi connectivity index (χ1n) is 8.99. The van der Waals surface area contributed by atoms with E-state index in [0.717, 1.165) is 5.39 Å². The zero-order valence-electron chi connectivity index (χ0n) is 16.5. The van der Waals surface area contributed by atoms with Crippen LogP contribution in [0.4, 0.5) is 5.69 Å². The Morgan fingerprint density at radius 2 is 1.97 bits per heavy atom. The number of pyridine rings is 1. The number of benzene rings is 2. The molecular weight excluding hydrogens is 406 g/mol. The molecule has 3 rings (SSSR count). The largest absolute Gasteiger partial charge is 0.497 e. The molecule has 1 atom stereocenters. The number of halogens is 1. The van der Waals surface area contributed by atoms with Crippen LogP contribution < -0.4 is 10.1 Å². The lowest BCUT2D eigenvalue weighted by Gasteiger charge is -2.15. The fraction of sp³-hybridized carbons (Fsp3) is 0.182. The van der Waals surface area contributed by atoms with Crippen LogP contribution in [0.5, 0.6) is 5.75 Å². The Hall–Kier alpha value is -3.63. The first kappa shape index (κ1) is 21.1. The van der Waals surface area contributed by atoms with Crippen molar-refractivity contribution in [3.63, 3.8) is 0 Å². The van der Waals surface area contributed by atoms with E-state index in [1.807, 2.05) is 6.07 Å². The molecule has 1 aromatic heterocycles. The van der Waals surface area contributed by atoms with Gasteiger partial charge in [-0.1, -0.05) is 11.6 Å². The van der Waals surface area contributed by atoms with Crippen molar-refractivity contribution in [1.29, 1.82) is 5.26 Å². The molecule has 0 aliphatic heterocycles. The summed E-state index contributed by atoms with van der Waals surface area (Å²) in [5, 5.41) is 12.5. The number of carbonyl (C=O) groups is 2. The van der Waals surface area contributed by atoms with Crippen LogP contribution in [0, 0.1) is 18.3 Å². The molecule has 0 radical (unpaired) electrons. The minimum Gasteiger partial charge on any atom is -0.497 e. The van der Waals surface area contributed by atoms with Crippen molar-refractivity contribution in [1.82, 2.24) is 4.98 Å². The molecule has 3 aromatic rings. The van der Waals surface area contributed by atoms with Crippen LogP contribution in [0.15, 0.2) is 42.5 Å². The van der Waals surface area contributed by atoms with Gasteiger partial charge in [0.05, 0.1) is 34.5 Å². The van der Waals surface area contributed by atoms with Crippen molar-refractivity contribution in [2.75, 3.05) is 12.4 Å². The predicted octanol–water partition coefficient (Wildman–Crippen LogP) is 4.26. The van der Waals surface area contributed by atoms with Gasteiger partial charge < -0.3 is 14.8 Å². The monoisotopic (exact) mass is 423 g/mol. The number of nitriles is 1. The van der Waals surface area contributed by atoms with Crippen molar-refractivity contribution in [2.45, 2.75) is 20.0 Å². The minimum absolute atomic E-state index is 0.217. The topological polar surface area (TPSA) is 101 Å². The Morgan fingerprint density at radius 1 is 1.20 bits per heavy atom. The van der Waals surface area contributed by atoms with Gasteiger partial charge in [0.15, 0.2) is 6.10 Å². The lowest BCUT2D eigenvalue weighted by atomic mass is 10.1. The van der Waals surface area contributed by atoms with Crippen LogP contribution in [0.3, 0.4) is 0 Å². The number of esters is 1. The van der Waals surface area contributed by atoms with Gasteiger partial charge in [-0.2, -0.15) is 5.26 Å². The number of rotatable bonds is 5. The maximum Gasteiger partial charge on any atom is 0.340 e. The Morgan fingerprint density at radius 3 is 2.63 bits per heavy atom. The van der Waals surface area contributed by atoms with Crippen molar-refractivity contribution in [3.8, 4) is 11.8 Å². The number of amides is 1. The van der Waals surface area contributed by atoms with Gasteiger partial charge in [0.2, 0.25) is 0 Å². The summed E-state index contributed by atoms with van der Waals surface area (Å²) in [6.45, 7) is 3.16. The number of hydrogen-bond donors (Lipinski definition) is 1. The lowest BCUT2D eigenvalue weighted by Crippen LogP contribution is -2.30. The van der Waals surface area contributed by atoms with Gasteiger partial charge in [-0.05, 0) is 50.2 Å². The SMILES string of the molecule is COc1ccc2cc(C(=O)OC(C)C(=O)Nc3ccc(C#N)c(Cl)c3)c(C)nc2c1. The smallest absolute Gasteiger partial charge is 0.340 e. The number of anilines is 1. The van der Waals surface area contributed by atoms with Crippen LogP contribution in [-0.4, -0.2) is 30.1 Å². The van der Waals surface area contributed by atoms with Gasteiger partial charge in [0.25, 0.3) is 5.91 Å². The summed E-state index contributed by atoms with van der Waals surface area (Å²) in [6.07, 6.45) is -1.06. The zero-order valence-corrected chi connectivity index (χ0v) is 17.3. The van der Waals surface area contributed by atoms with E-state index in [4.69, 9.17) is 26.3 Å². The van der Waals surface area contributed by atoms with Crippen molar-refractivity contribution in [3.05, 3.63) is 64.3 Å². The number of ether oxygens (including phenoxy) is 2. The summed E-state index contributed by atoms with van der Waals surface area (Å²) in [4.78, 5) is 29.4. The van der Waals surface area contributed by atoms with E-state index < -0.39 is 18.0 Å². The van der Waals surface area contributed by atoms with Gasteiger partial charge in [0.1, 0.15) is 11.8 Å². The van der Waals surface area contributed by atoms with Gasteiger partial charge in [0, 0.05) is 17.1 Å². The van der Waals surface area contributed by atoms with E-state index in [1.54, 1.807) is 44.4 Å². The Bertz CT molecular complexity index is 1190. The third kappa shape index (κ3) is 4.50. The van der Waals surface area contributed by atoms with Crippen LogP contribution >= 0.6 is 11.6 Å². The average molecular weight is 424 g/mol.